The molecule has 0 saturated heterocycles. The molecule has 0 rings (SSSR count). The molecule has 0 bridgehead atoms. The van der Waals surface area contributed by atoms with Crippen LogP contribution in [0, 0.1) is 5.92 Å². The maximum absolute atomic E-state index is 8.40. The SMILES string of the molecule is CC(C)CC(Br)OCCO. The van der Waals surface area contributed by atoms with Gasteiger partial charge in [0.2, 0.25) is 0 Å². The molecule has 10 heavy (non-hydrogen) atoms. The molecule has 1 N–H and O–H groups in total. The largest absolute Gasteiger partial charge is 0.394 e. The molecule has 0 aromatic rings. The Kier molecular flexibility index (Phi) is 6.38. The van der Waals surface area contributed by atoms with Crippen LogP contribution in [0.25, 0.3) is 0 Å². The molecule has 0 fully saturated rings. The summed E-state index contributed by atoms with van der Waals surface area (Å²) in [6.07, 6.45) is 0.986. The molecule has 0 amide bonds. The zero-order chi connectivity index (χ0) is 7.98. The van der Waals surface area contributed by atoms with Crippen LogP contribution in [0.4, 0.5) is 0 Å². The van der Waals surface area contributed by atoms with Gasteiger partial charge in [0.15, 0.2) is 0 Å². The minimum Gasteiger partial charge on any atom is -0.394 e. The van der Waals surface area contributed by atoms with E-state index in [4.69, 9.17) is 9.84 Å². The molecule has 3 heteroatoms. The van der Waals surface area contributed by atoms with E-state index in [2.05, 4.69) is 29.8 Å². The minimum absolute atomic E-state index is 0.0969. The predicted octanol–water partition coefficient (Wildman–Crippen LogP) is 1.76. The van der Waals surface area contributed by atoms with Gasteiger partial charge in [-0.3, -0.25) is 0 Å². The van der Waals surface area contributed by atoms with Crippen molar-refractivity contribution in [2.24, 2.45) is 5.92 Å². The Labute approximate surface area is 70.7 Å². The topological polar surface area (TPSA) is 29.5 Å². The molecule has 0 saturated carbocycles. The molecule has 62 valence electrons. The maximum Gasteiger partial charge on any atom is 0.112 e. The van der Waals surface area contributed by atoms with E-state index in [1.165, 1.54) is 0 Å². The van der Waals surface area contributed by atoms with Crippen LogP contribution in [0.1, 0.15) is 20.3 Å². The first kappa shape index (κ1) is 10.4. The van der Waals surface area contributed by atoms with Gasteiger partial charge in [-0.2, -0.15) is 0 Å². The van der Waals surface area contributed by atoms with Gasteiger partial charge in [-0.05, 0) is 12.3 Å². The van der Waals surface area contributed by atoms with Gasteiger partial charge in [-0.15, -0.1) is 0 Å². The first-order chi connectivity index (χ1) is 4.66. The smallest absolute Gasteiger partial charge is 0.112 e. The van der Waals surface area contributed by atoms with E-state index in [1.54, 1.807) is 0 Å². The number of ether oxygens (including phenoxy) is 1. The van der Waals surface area contributed by atoms with Gasteiger partial charge in [0, 0.05) is 0 Å². The standard InChI is InChI=1S/C7H15BrO2/c1-6(2)5-7(8)10-4-3-9/h6-7,9H,3-5H2,1-2H3. The molecular formula is C7H15BrO2. The molecule has 1 unspecified atom stereocenters. The third kappa shape index (κ3) is 6.52. The van der Waals surface area contributed by atoms with Crippen LogP contribution < -0.4 is 0 Å². The zero-order valence-electron chi connectivity index (χ0n) is 6.51. The second-order valence-electron chi connectivity index (χ2n) is 2.63. The molecule has 0 aliphatic rings. The average Bonchev–Trinajstić information content (AvgIpc) is 1.82. The lowest BCUT2D eigenvalue weighted by Gasteiger charge is -2.11. The van der Waals surface area contributed by atoms with Crippen molar-refractivity contribution in [3.05, 3.63) is 0 Å². The van der Waals surface area contributed by atoms with Crippen LogP contribution >= 0.6 is 15.9 Å². The number of rotatable bonds is 5. The number of aliphatic hydroxyl groups is 1. The van der Waals surface area contributed by atoms with Crippen molar-refractivity contribution >= 4 is 15.9 Å². The number of halogens is 1. The Bertz CT molecular complexity index is 76.0. The van der Waals surface area contributed by atoms with E-state index >= 15 is 0 Å². The lowest BCUT2D eigenvalue weighted by molar-refractivity contribution is 0.0696. The second-order valence-corrected chi connectivity index (χ2v) is 3.66. The van der Waals surface area contributed by atoms with Crippen LogP contribution in [0.15, 0.2) is 0 Å². The average molecular weight is 211 g/mol. The summed E-state index contributed by atoms with van der Waals surface area (Å²) < 4.78 is 5.17. The van der Waals surface area contributed by atoms with Crippen molar-refractivity contribution in [1.29, 1.82) is 0 Å². The fourth-order valence-electron chi connectivity index (χ4n) is 0.619. The molecule has 0 radical (unpaired) electrons. The van der Waals surface area contributed by atoms with Gasteiger partial charge < -0.3 is 9.84 Å². The number of hydrogen-bond acceptors (Lipinski definition) is 2. The normalized spacial score (nSPS) is 14.1. The number of alkyl halides is 1. The Balaban J connectivity index is 3.16. The highest BCUT2D eigenvalue weighted by Gasteiger charge is 2.05. The summed E-state index contributed by atoms with van der Waals surface area (Å²) in [4.78, 5) is 0. The monoisotopic (exact) mass is 210 g/mol. The zero-order valence-corrected chi connectivity index (χ0v) is 8.10. The maximum atomic E-state index is 8.40. The van der Waals surface area contributed by atoms with Crippen molar-refractivity contribution in [2.45, 2.75) is 25.3 Å². The summed E-state index contributed by atoms with van der Waals surface area (Å²) in [6, 6.07) is 0. The molecule has 0 aliphatic heterocycles. The molecule has 0 heterocycles. The summed E-state index contributed by atoms with van der Waals surface area (Å²) in [7, 11) is 0. The Morgan fingerprint density at radius 3 is 2.50 bits per heavy atom. The molecule has 1 atom stereocenters. The Morgan fingerprint density at radius 2 is 2.10 bits per heavy atom. The third-order valence-corrected chi connectivity index (χ3v) is 1.68. The molecule has 0 aliphatic carbocycles. The fourth-order valence-corrected chi connectivity index (χ4v) is 1.55. The Hall–Kier alpha value is 0.400. The molecule has 0 spiro atoms. The minimum atomic E-state index is 0.0969. The van der Waals surface area contributed by atoms with Crippen molar-refractivity contribution in [1.82, 2.24) is 0 Å². The van der Waals surface area contributed by atoms with E-state index in [9.17, 15) is 0 Å². The van der Waals surface area contributed by atoms with Crippen molar-refractivity contribution < 1.29 is 9.84 Å². The van der Waals surface area contributed by atoms with E-state index in [1.807, 2.05) is 0 Å². The summed E-state index contributed by atoms with van der Waals surface area (Å²) in [6.45, 7) is 4.79. The first-order valence-corrected chi connectivity index (χ1v) is 4.45. The fraction of sp³-hybridized carbons (Fsp3) is 1.00. The van der Waals surface area contributed by atoms with Crippen molar-refractivity contribution in [3.63, 3.8) is 0 Å². The molecular weight excluding hydrogens is 196 g/mol. The van der Waals surface area contributed by atoms with E-state index in [0.29, 0.717) is 12.5 Å². The quantitative estimate of drug-likeness (QED) is 0.702. The van der Waals surface area contributed by atoms with Gasteiger partial charge in [0.25, 0.3) is 0 Å². The van der Waals surface area contributed by atoms with E-state index in [0.717, 1.165) is 6.42 Å². The Morgan fingerprint density at radius 1 is 1.50 bits per heavy atom. The van der Waals surface area contributed by atoms with Crippen LogP contribution in [-0.4, -0.2) is 23.3 Å². The molecule has 2 nitrogen and oxygen atoms in total. The van der Waals surface area contributed by atoms with Crippen molar-refractivity contribution in [3.8, 4) is 0 Å². The van der Waals surface area contributed by atoms with Crippen LogP contribution in [0.3, 0.4) is 0 Å². The highest BCUT2D eigenvalue weighted by molar-refractivity contribution is 9.09. The predicted molar refractivity (Wildman–Crippen MR) is 45.2 cm³/mol. The van der Waals surface area contributed by atoms with E-state index < -0.39 is 0 Å². The highest BCUT2D eigenvalue weighted by Crippen LogP contribution is 2.13. The lowest BCUT2D eigenvalue weighted by atomic mass is 10.1. The molecule has 0 aromatic heterocycles. The van der Waals surface area contributed by atoms with Crippen molar-refractivity contribution in [2.75, 3.05) is 13.2 Å². The number of aliphatic hydroxyl groups excluding tert-OH is 1. The van der Waals surface area contributed by atoms with Gasteiger partial charge in [-0.1, -0.05) is 29.8 Å². The highest BCUT2D eigenvalue weighted by atomic mass is 79.9. The second kappa shape index (κ2) is 6.13. The van der Waals surface area contributed by atoms with Gasteiger partial charge in [0.05, 0.1) is 13.2 Å². The molecule has 0 aromatic carbocycles. The first-order valence-electron chi connectivity index (χ1n) is 3.53. The van der Waals surface area contributed by atoms with Crippen LogP contribution in [0.2, 0.25) is 0 Å². The summed E-state index contributed by atoms with van der Waals surface area (Å²) in [5.41, 5.74) is 0. The summed E-state index contributed by atoms with van der Waals surface area (Å²) in [5.74, 6) is 0.628. The van der Waals surface area contributed by atoms with E-state index in [-0.39, 0.29) is 11.6 Å². The van der Waals surface area contributed by atoms with Gasteiger partial charge in [-0.25, -0.2) is 0 Å². The van der Waals surface area contributed by atoms with Gasteiger partial charge in [0.1, 0.15) is 5.01 Å². The summed E-state index contributed by atoms with van der Waals surface area (Å²) >= 11 is 3.35. The summed E-state index contributed by atoms with van der Waals surface area (Å²) in [5, 5.41) is 8.50. The van der Waals surface area contributed by atoms with Crippen LogP contribution in [-0.2, 0) is 4.74 Å². The number of hydrogen-bond donors (Lipinski definition) is 1. The lowest BCUT2D eigenvalue weighted by Crippen LogP contribution is -2.10. The van der Waals surface area contributed by atoms with Crippen LogP contribution in [0.5, 0.6) is 0 Å². The third-order valence-electron chi connectivity index (χ3n) is 1.05. The van der Waals surface area contributed by atoms with Gasteiger partial charge >= 0.3 is 0 Å².